The molecule has 98 valence electrons. The highest BCUT2D eigenvalue weighted by Crippen LogP contribution is 2.10. The van der Waals surface area contributed by atoms with Crippen LogP contribution in [-0.2, 0) is 4.79 Å². The quantitative estimate of drug-likeness (QED) is 0.696. The third kappa shape index (κ3) is 4.48. The van der Waals surface area contributed by atoms with Crippen LogP contribution in [0.5, 0.6) is 0 Å². The number of carbonyl (C=O) groups excluding carboxylic acids is 1. The maximum atomic E-state index is 11.8. The Morgan fingerprint density at radius 2 is 2.12 bits per heavy atom. The predicted octanol–water partition coefficient (Wildman–Crippen LogP) is 0.736. The molecule has 1 heterocycles. The van der Waals surface area contributed by atoms with E-state index in [9.17, 15) is 4.79 Å². The highest BCUT2D eigenvalue weighted by Gasteiger charge is 2.23. The molecule has 0 radical (unpaired) electrons. The Balaban J connectivity index is 2.30. The second-order valence-corrected chi connectivity index (χ2v) is 5.14. The van der Waals surface area contributed by atoms with Gasteiger partial charge in [0.2, 0.25) is 5.91 Å². The van der Waals surface area contributed by atoms with Crippen LogP contribution in [0.3, 0.4) is 0 Å². The van der Waals surface area contributed by atoms with Crippen molar-refractivity contribution in [1.29, 1.82) is 0 Å². The van der Waals surface area contributed by atoms with E-state index in [1.807, 2.05) is 19.9 Å². The van der Waals surface area contributed by atoms with Crippen molar-refractivity contribution in [3.05, 3.63) is 12.7 Å². The van der Waals surface area contributed by atoms with Crippen LogP contribution >= 0.6 is 0 Å². The van der Waals surface area contributed by atoms with E-state index in [0.29, 0.717) is 0 Å². The molecular weight excluding hydrogens is 214 g/mol. The highest BCUT2D eigenvalue weighted by molar-refractivity contribution is 5.82. The standard InChI is InChI=1S/C13H25N3O/c1-4-7-16-8-5-11(6-9-16)15-13(17)12(14)10(2)3/h4,10-12H,1,5-9,14H2,2-3H3,(H,15,17)/t12-/m0/s1. The van der Waals surface area contributed by atoms with Crippen LogP contribution in [0.4, 0.5) is 0 Å². The number of likely N-dealkylation sites (tertiary alicyclic amines) is 1. The number of hydrogen-bond donors (Lipinski definition) is 2. The normalized spacial score (nSPS) is 20.2. The summed E-state index contributed by atoms with van der Waals surface area (Å²) in [4.78, 5) is 14.1. The maximum Gasteiger partial charge on any atom is 0.237 e. The number of rotatable bonds is 5. The summed E-state index contributed by atoms with van der Waals surface area (Å²) in [6, 6.07) is -0.102. The van der Waals surface area contributed by atoms with Crippen molar-refractivity contribution in [3.63, 3.8) is 0 Å². The molecule has 4 heteroatoms. The van der Waals surface area contributed by atoms with Crippen molar-refractivity contribution in [2.24, 2.45) is 11.7 Å². The van der Waals surface area contributed by atoms with Crippen molar-refractivity contribution in [1.82, 2.24) is 10.2 Å². The topological polar surface area (TPSA) is 58.4 Å². The molecule has 0 aromatic rings. The van der Waals surface area contributed by atoms with Gasteiger partial charge in [-0.3, -0.25) is 9.69 Å². The van der Waals surface area contributed by atoms with E-state index >= 15 is 0 Å². The first-order valence-corrected chi connectivity index (χ1v) is 6.43. The number of nitrogens with zero attached hydrogens (tertiary/aromatic N) is 1. The van der Waals surface area contributed by atoms with Gasteiger partial charge in [0.25, 0.3) is 0 Å². The average Bonchev–Trinajstić information content (AvgIpc) is 2.30. The lowest BCUT2D eigenvalue weighted by atomic mass is 10.0. The van der Waals surface area contributed by atoms with Gasteiger partial charge in [0.15, 0.2) is 0 Å². The summed E-state index contributed by atoms with van der Waals surface area (Å²) in [6.45, 7) is 10.7. The lowest BCUT2D eigenvalue weighted by molar-refractivity contribution is -0.124. The molecule has 0 saturated carbocycles. The summed E-state index contributed by atoms with van der Waals surface area (Å²) in [7, 11) is 0. The first-order valence-electron chi connectivity index (χ1n) is 6.43. The summed E-state index contributed by atoms with van der Waals surface area (Å²) < 4.78 is 0. The molecule has 1 saturated heterocycles. The van der Waals surface area contributed by atoms with Crippen LogP contribution in [0.15, 0.2) is 12.7 Å². The van der Waals surface area contributed by atoms with Gasteiger partial charge in [0.1, 0.15) is 0 Å². The van der Waals surface area contributed by atoms with Gasteiger partial charge in [-0.25, -0.2) is 0 Å². The molecule has 1 amide bonds. The largest absolute Gasteiger partial charge is 0.352 e. The molecule has 1 rings (SSSR count). The number of piperidine rings is 1. The van der Waals surface area contributed by atoms with E-state index in [1.54, 1.807) is 0 Å². The minimum Gasteiger partial charge on any atom is -0.352 e. The summed E-state index contributed by atoms with van der Waals surface area (Å²) >= 11 is 0. The van der Waals surface area contributed by atoms with Gasteiger partial charge in [0.05, 0.1) is 6.04 Å². The lowest BCUT2D eigenvalue weighted by Gasteiger charge is -2.32. The van der Waals surface area contributed by atoms with Gasteiger partial charge in [-0.15, -0.1) is 6.58 Å². The smallest absolute Gasteiger partial charge is 0.237 e. The van der Waals surface area contributed by atoms with E-state index in [1.165, 1.54) is 0 Å². The third-order valence-corrected chi connectivity index (χ3v) is 3.34. The molecule has 4 nitrogen and oxygen atoms in total. The minimum absolute atomic E-state index is 0.0119. The maximum absolute atomic E-state index is 11.8. The Bertz CT molecular complexity index is 257. The molecule has 0 aliphatic carbocycles. The van der Waals surface area contributed by atoms with E-state index in [2.05, 4.69) is 16.8 Å². The van der Waals surface area contributed by atoms with Gasteiger partial charge in [0, 0.05) is 25.7 Å². The fraction of sp³-hybridized carbons (Fsp3) is 0.769. The minimum atomic E-state index is -0.388. The van der Waals surface area contributed by atoms with Crippen molar-refractivity contribution in [2.45, 2.75) is 38.8 Å². The van der Waals surface area contributed by atoms with Gasteiger partial charge in [-0.2, -0.15) is 0 Å². The second kappa shape index (κ2) is 6.77. The second-order valence-electron chi connectivity index (χ2n) is 5.14. The van der Waals surface area contributed by atoms with E-state index in [0.717, 1.165) is 32.5 Å². The molecule has 3 N–H and O–H groups in total. The first-order chi connectivity index (χ1) is 8.04. The molecule has 0 spiro atoms. The van der Waals surface area contributed by atoms with Gasteiger partial charge >= 0.3 is 0 Å². The molecule has 0 aromatic carbocycles. The Kier molecular flexibility index (Phi) is 5.65. The number of amides is 1. The SMILES string of the molecule is C=CCN1CCC(NC(=O)[C@@H](N)C(C)C)CC1. The Hall–Kier alpha value is -0.870. The van der Waals surface area contributed by atoms with Crippen LogP contribution < -0.4 is 11.1 Å². The van der Waals surface area contributed by atoms with Crippen LogP contribution in [-0.4, -0.2) is 42.5 Å². The molecular formula is C13H25N3O. The van der Waals surface area contributed by atoms with E-state index in [-0.39, 0.29) is 23.9 Å². The molecule has 1 atom stereocenters. The van der Waals surface area contributed by atoms with Crippen LogP contribution in [0, 0.1) is 5.92 Å². The first kappa shape index (κ1) is 14.2. The Morgan fingerprint density at radius 1 is 1.53 bits per heavy atom. The monoisotopic (exact) mass is 239 g/mol. The fourth-order valence-electron chi connectivity index (χ4n) is 2.04. The van der Waals surface area contributed by atoms with Crippen molar-refractivity contribution in [3.8, 4) is 0 Å². The lowest BCUT2D eigenvalue weighted by Crippen LogP contribution is -2.51. The summed E-state index contributed by atoms with van der Waals surface area (Å²) in [5, 5.41) is 3.05. The Morgan fingerprint density at radius 3 is 2.59 bits per heavy atom. The fourth-order valence-corrected chi connectivity index (χ4v) is 2.04. The summed E-state index contributed by atoms with van der Waals surface area (Å²) in [5.74, 6) is 0.179. The summed E-state index contributed by atoms with van der Waals surface area (Å²) in [6.07, 6.45) is 3.93. The Labute approximate surface area is 104 Å². The van der Waals surface area contributed by atoms with Crippen molar-refractivity contribution in [2.75, 3.05) is 19.6 Å². The van der Waals surface area contributed by atoms with Crippen molar-refractivity contribution >= 4 is 5.91 Å². The van der Waals surface area contributed by atoms with Crippen LogP contribution in [0.1, 0.15) is 26.7 Å². The molecule has 1 fully saturated rings. The molecule has 17 heavy (non-hydrogen) atoms. The van der Waals surface area contributed by atoms with Gasteiger partial charge < -0.3 is 11.1 Å². The van der Waals surface area contributed by atoms with Gasteiger partial charge in [-0.05, 0) is 18.8 Å². The van der Waals surface area contributed by atoms with Crippen LogP contribution in [0.2, 0.25) is 0 Å². The predicted molar refractivity (Wildman–Crippen MR) is 70.6 cm³/mol. The number of carbonyl (C=O) groups is 1. The molecule has 1 aliphatic heterocycles. The molecule has 0 bridgehead atoms. The summed E-state index contributed by atoms with van der Waals surface area (Å²) in [5.41, 5.74) is 5.82. The van der Waals surface area contributed by atoms with Crippen LogP contribution in [0.25, 0.3) is 0 Å². The third-order valence-electron chi connectivity index (χ3n) is 3.34. The number of nitrogens with one attached hydrogen (secondary N) is 1. The average molecular weight is 239 g/mol. The van der Waals surface area contributed by atoms with E-state index in [4.69, 9.17) is 5.73 Å². The zero-order chi connectivity index (χ0) is 12.8. The van der Waals surface area contributed by atoms with Crippen molar-refractivity contribution < 1.29 is 4.79 Å². The number of hydrogen-bond acceptors (Lipinski definition) is 3. The highest BCUT2D eigenvalue weighted by atomic mass is 16.2. The van der Waals surface area contributed by atoms with E-state index < -0.39 is 0 Å². The number of nitrogens with two attached hydrogens (primary N) is 1. The molecule has 0 unspecified atom stereocenters. The zero-order valence-electron chi connectivity index (χ0n) is 11.0. The molecule has 0 aromatic heterocycles. The van der Waals surface area contributed by atoms with Gasteiger partial charge in [-0.1, -0.05) is 19.9 Å². The molecule has 1 aliphatic rings. The zero-order valence-corrected chi connectivity index (χ0v) is 11.0.